The second kappa shape index (κ2) is 5.54. The SMILES string of the molecule is CNc1nnc(C(=O)NC(C)c2ccncc2)s1. The van der Waals surface area contributed by atoms with Gasteiger partial charge in [-0.25, -0.2) is 0 Å². The molecule has 0 aliphatic carbocycles. The summed E-state index contributed by atoms with van der Waals surface area (Å²) in [5.74, 6) is -0.224. The molecule has 1 amide bonds. The predicted molar refractivity (Wildman–Crippen MR) is 69.6 cm³/mol. The lowest BCUT2D eigenvalue weighted by atomic mass is 10.1. The van der Waals surface area contributed by atoms with Crippen LogP contribution in [0.3, 0.4) is 0 Å². The lowest BCUT2D eigenvalue weighted by molar-refractivity contribution is 0.0939. The smallest absolute Gasteiger partial charge is 0.282 e. The van der Waals surface area contributed by atoms with Crippen molar-refractivity contribution in [1.82, 2.24) is 20.5 Å². The van der Waals surface area contributed by atoms with E-state index in [0.29, 0.717) is 10.1 Å². The van der Waals surface area contributed by atoms with Gasteiger partial charge >= 0.3 is 0 Å². The van der Waals surface area contributed by atoms with Crippen LogP contribution in [0.25, 0.3) is 0 Å². The number of aromatic nitrogens is 3. The average molecular weight is 263 g/mol. The first-order chi connectivity index (χ1) is 8.70. The molecule has 94 valence electrons. The topological polar surface area (TPSA) is 79.8 Å². The molecule has 18 heavy (non-hydrogen) atoms. The minimum atomic E-state index is -0.224. The van der Waals surface area contributed by atoms with E-state index in [-0.39, 0.29) is 11.9 Å². The molecule has 0 saturated heterocycles. The normalized spacial score (nSPS) is 11.9. The van der Waals surface area contributed by atoms with E-state index in [2.05, 4.69) is 25.8 Å². The zero-order valence-corrected chi connectivity index (χ0v) is 10.9. The number of nitrogens with one attached hydrogen (secondary N) is 2. The monoisotopic (exact) mass is 263 g/mol. The van der Waals surface area contributed by atoms with Gasteiger partial charge in [0.05, 0.1) is 6.04 Å². The first-order valence-electron chi connectivity index (χ1n) is 5.42. The van der Waals surface area contributed by atoms with Crippen LogP contribution in [-0.2, 0) is 0 Å². The molecule has 2 N–H and O–H groups in total. The van der Waals surface area contributed by atoms with E-state index in [9.17, 15) is 4.79 Å². The summed E-state index contributed by atoms with van der Waals surface area (Å²) in [4.78, 5) is 15.8. The second-order valence-electron chi connectivity index (χ2n) is 3.64. The fourth-order valence-corrected chi connectivity index (χ4v) is 2.01. The number of anilines is 1. The number of hydrogen-bond donors (Lipinski definition) is 2. The molecule has 2 aromatic heterocycles. The molecule has 2 aromatic rings. The van der Waals surface area contributed by atoms with Crippen molar-refractivity contribution in [2.45, 2.75) is 13.0 Å². The van der Waals surface area contributed by atoms with Crippen LogP contribution in [-0.4, -0.2) is 28.1 Å². The minimum Gasteiger partial charge on any atom is -0.363 e. The van der Waals surface area contributed by atoms with Gasteiger partial charge < -0.3 is 10.6 Å². The van der Waals surface area contributed by atoms with Crippen LogP contribution in [0.15, 0.2) is 24.5 Å². The first kappa shape index (κ1) is 12.4. The van der Waals surface area contributed by atoms with Crippen LogP contribution in [0.4, 0.5) is 5.13 Å². The zero-order chi connectivity index (χ0) is 13.0. The number of amides is 1. The minimum absolute atomic E-state index is 0.0950. The number of nitrogens with zero attached hydrogens (tertiary/aromatic N) is 3. The van der Waals surface area contributed by atoms with E-state index in [0.717, 1.165) is 5.56 Å². The van der Waals surface area contributed by atoms with Crippen molar-refractivity contribution in [3.63, 3.8) is 0 Å². The van der Waals surface area contributed by atoms with Gasteiger partial charge in [0, 0.05) is 19.4 Å². The van der Waals surface area contributed by atoms with Gasteiger partial charge in [0.2, 0.25) is 10.1 Å². The van der Waals surface area contributed by atoms with Crippen molar-refractivity contribution in [1.29, 1.82) is 0 Å². The van der Waals surface area contributed by atoms with Crippen molar-refractivity contribution in [3.05, 3.63) is 35.1 Å². The van der Waals surface area contributed by atoms with Gasteiger partial charge in [0.15, 0.2) is 0 Å². The molecule has 6 nitrogen and oxygen atoms in total. The van der Waals surface area contributed by atoms with Crippen LogP contribution in [0, 0.1) is 0 Å². The van der Waals surface area contributed by atoms with Gasteiger partial charge in [-0.1, -0.05) is 11.3 Å². The molecule has 0 aliphatic rings. The van der Waals surface area contributed by atoms with Crippen LogP contribution < -0.4 is 10.6 Å². The highest BCUT2D eigenvalue weighted by Gasteiger charge is 2.15. The molecule has 0 radical (unpaired) electrons. The number of rotatable bonds is 4. The molecule has 2 heterocycles. The third kappa shape index (κ3) is 2.80. The molecule has 2 rings (SSSR count). The summed E-state index contributed by atoms with van der Waals surface area (Å²) >= 11 is 1.22. The third-order valence-electron chi connectivity index (χ3n) is 2.39. The van der Waals surface area contributed by atoms with Crippen LogP contribution in [0.2, 0.25) is 0 Å². The van der Waals surface area contributed by atoms with E-state index < -0.39 is 0 Å². The third-order valence-corrected chi connectivity index (χ3v) is 3.33. The summed E-state index contributed by atoms with van der Waals surface area (Å²) in [6.45, 7) is 1.91. The second-order valence-corrected chi connectivity index (χ2v) is 4.62. The van der Waals surface area contributed by atoms with E-state index in [1.165, 1.54) is 11.3 Å². The molecule has 1 atom stereocenters. The van der Waals surface area contributed by atoms with E-state index in [1.54, 1.807) is 19.4 Å². The highest BCUT2D eigenvalue weighted by atomic mass is 32.1. The van der Waals surface area contributed by atoms with Crippen molar-refractivity contribution in [2.24, 2.45) is 0 Å². The summed E-state index contributed by atoms with van der Waals surface area (Å²) in [5.41, 5.74) is 0.997. The molecule has 1 unspecified atom stereocenters. The van der Waals surface area contributed by atoms with E-state index in [1.807, 2.05) is 19.1 Å². The van der Waals surface area contributed by atoms with E-state index in [4.69, 9.17) is 0 Å². The number of hydrogen-bond acceptors (Lipinski definition) is 6. The number of carbonyl (C=O) groups excluding carboxylic acids is 1. The maximum absolute atomic E-state index is 11.9. The van der Waals surface area contributed by atoms with Gasteiger partial charge in [0.1, 0.15) is 0 Å². The van der Waals surface area contributed by atoms with Gasteiger partial charge in [0.25, 0.3) is 5.91 Å². The Labute approximate surface area is 108 Å². The highest BCUT2D eigenvalue weighted by molar-refractivity contribution is 7.17. The summed E-state index contributed by atoms with van der Waals surface area (Å²) in [5, 5.41) is 14.3. The molecule has 0 aliphatic heterocycles. The molecule has 0 fully saturated rings. The summed E-state index contributed by atoms with van der Waals surface area (Å²) in [6.07, 6.45) is 3.39. The Morgan fingerprint density at radius 1 is 1.33 bits per heavy atom. The fourth-order valence-electron chi connectivity index (χ4n) is 1.41. The molecule has 0 saturated carbocycles. The Balaban J connectivity index is 2.03. The molecule has 0 spiro atoms. The van der Waals surface area contributed by atoms with E-state index >= 15 is 0 Å². The Morgan fingerprint density at radius 3 is 2.67 bits per heavy atom. The molecular formula is C11H13N5OS. The quantitative estimate of drug-likeness (QED) is 0.873. The number of pyridine rings is 1. The standard InChI is InChI=1S/C11H13N5OS/c1-7(8-3-5-13-6-4-8)14-9(17)10-15-16-11(12-2)18-10/h3-7H,1-2H3,(H,12,16)(H,14,17). The average Bonchev–Trinajstić information content (AvgIpc) is 2.88. The van der Waals surface area contributed by atoms with Crippen molar-refractivity contribution < 1.29 is 4.79 Å². The Morgan fingerprint density at radius 2 is 2.06 bits per heavy atom. The van der Waals surface area contributed by atoms with Crippen LogP contribution in [0.5, 0.6) is 0 Å². The van der Waals surface area contributed by atoms with Gasteiger partial charge in [-0.3, -0.25) is 9.78 Å². The van der Waals surface area contributed by atoms with Crippen molar-refractivity contribution in [2.75, 3.05) is 12.4 Å². The highest BCUT2D eigenvalue weighted by Crippen LogP contribution is 2.16. The molecule has 0 bridgehead atoms. The zero-order valence-electron chi connectivity index (χ0n) is 10.0. The van der Waals surface area contributed by atoms with Crippen LogP contribution in [0.1, 0.15) is 28.3 Å². The molecule has 0 aromatic carbocycles. The van der Waals surface area contributed by atoms with Gasteiger partial charge in [-0.2, -0.15) is 0 Å². The van der Waals surface area contributed by atoms with Gasteiger partial charge in [-0.05, 0) is 24.6 Å². The largest absolute Gasteiger partial charge is 0.363 e. The Bertz CT molecular complexity index is 527. The predicted octanol–water partition coefficient (Wildman–Crippen LogP) is 1.47. The lowest BCUT2D eigenvalue weighted by Gasteiger charge is -2.12. The van der Waals surface area contributed by atoms with Crippen LogP contribution >= 0.6 is 11.3 Å². The Kier molecular flexibility index (Phi) is 3.83. The van der Waals surface area contributed by atoms with Crippen molar-refractivity contribution >= 4 is 22.4 Å². The van der Waals surface area contributed by atoms with Crippen molar-refractivity contribution in [3.8, 4) is 0 Å². The van der Waals surface area contributed by atoms with Gasteiger partial charge in [-0.15, -0.1) is 10.2 Å². The molecule has 7 heteroatoms. The maximum atomic E-state index is 11.9. The summed E-state index contributed by atoms with van der Waals surface area (Å²) in [6, 6.07) is 3.64. The fraction of sp³-hybridized carbons (Fsp3) is 0.273. The summed E-state index contributed by atoms with van der Waals surface area (Å²) in [7, 11) is 1.74. The number of carbonyl (C=O) groups is 1. The summed E-state index contributed by atoms with van der Waals surface area (Å²) < 4.78 is 0. The first-order valence-corrected chi connectivity index (χ1v) is 6.24. The maximum Gasteiger partial charge on any atom is 0.282 e. The Hall–Kier alpha value is -2.02. The molecular weight excluding hydrogens is 250 g/mol. The lowest BCUT2D eigenvalue weighted by Crippen LogP contribution is -2.26.